The lowest BCUT2D eigenvalue weighted by molar-refractivity contribution is 0.0902. The van der Waals surface area contributed by atoms with Crippen LogP contribution < -0.4 is 4.72 Å². The van der Waals surface area contributed by atoms with Crippen molar-refractivity contribution in [2.45, 2.75) is 36.8 Å². The molecule has 1 aromatic carbocycles. The zero-order chi connectivity index (χ0) is 14.0. The van der Waals surface area contributed by atoms with Crippen LogP contribution in [0.4, 0.5) is 0 Å². The minimum Gasteiger partial charge on any atom is -0.377 e. The van der Waals surface area contributed by atoms with Crippen molar-refractivity contribution in [1.82, 2.24) is 4.72 Å². The van der Waals surface area contributed by atoms with E-state index in [4.69, 9.17) is 4.74 Å². The predicted octanol–water partition coefficient (Wildman–Crippen LogP) is 3.06. The molecule has 1 heterocycles. The number of sulfonamides is 1. The predicted molar refractivity (Wildman–Crippen MR) is 80.6 cm³/mol. The number of ether oxygens (including phenoxy) is 1. The van der Waals surface area contributed by atoms with Crippen molar-refractivity contribution in [3.05, 3.63) is 27.1 Å². The van der Waals surface area contributed by atoms with E-state index in [1.807, 2.05) is 6.92 Å². The quantitative estimate of drug-likeness (QED) is 0.826. The van der Waals surface area contributed by atoms with Gasteiger partial charge in [0.1, 0.15) is 0 Å². The Labute approximate surface area is 130 Å². The summed E-state index contributed by atoms with van der Waals surface area (Å²) in [5.74, 6) is 0. The molecule has 1 aliphatic heterocycles. The SMILES string of the molecule is CC(NS(=O)(=O)c1cc(Br)ccc1Br)C1CCCO1. The minimum absolute atomic E-state index is 0.0410. The highest BCUT2D eigenvalue weighted by atomic mass is 79.9. The third kappa shape index (κ3) is 3.78. The smallest absolute Gasteiger partial charge is 0.242 e. The molecule has 7 heteroatoms. The zero-order valence-corrected chi connectivity index (χ0v) is 14.4. The molecule has 0 spiro atoms. The molecule has 1 aliphatic rings. The van der Waals surface area contributed by atoms with Gasteiger partial charge in [0.15, 0.2) is 0 Å². The first-order chi connectivity index (χ1) is 8.90. The Morgan fingerprint density at radius 3 is 2.79 bits per heavy atom. The maximum Gasteiger partial charge on any atom is 0.242 e. The zero-order valence-electron chi connectivity index (χ0n) is 10.4. The minimum atomic E-state index is -3.56. The van der Waals surface area contributed by atoms with Crippen LogP contribution in [0.25, 0.3) is 0 Å². The first kappa shape index (κ1) is 15.4. The highest BCUT2D eigenvalue weighted by Gasteiger charge is 2.28. The van der Waals surface area contributed by atoms with E-state index in [9.17, 15) is 8.42 Å². The first-order valence-electron chi connectivity index (χ1n) is 5.99. The molecule has 0 saturated carbocycles. The number of rotatable bonds is 4. The summed E-state index contributed by atoms with van der Waals surface area (Å²) in [6.45, 7) is 2.54. The Bertz CT molecular complexity index is 556. The summed E-state index contributed by atoms with van der Waals surface area (Å²) in [4.78, 5) is 0.228. The first-order valence-corrected chi connectivity index (χ1v) is 9.06. The Balaban J connectivity index is 2.19. The maximum atomic E-state index is 12.4. The summed E-state index contributed by atoms with van der Waals surface area (Å²) in [5, 5.41) is 0. The molecule has 106 valence electrons. The van der Waals surface area contributed by atoms with E-state index in [0.717, 1.165) is 17.3 Å². The lowest BCUT2D eigenvalue weighted by atomic mass is 10.1. The average Bonchev–Trinajstić information content (AvgIpc) is 2.85. The summed E-state index contributed by atoms with van der Waals surface area (Å²) in [6, 6.07) is 4.83. The average molecular weight is 413 g/mol. The van der Waals surface area contributed by atoms with Gasteiger partial charge >= 0.3 is 0 Å². The molecular weight excluding hydrogens is 398 g/mol. The molecule has 1 N–H and O–H groups in total. The largest absolute Gasteiger partial charge is 0.377 e. The van der Waals surface area contributed by atoms with Crippen LogP contribution >= 0.6 is 31.9 Å². The van der Waals surface area contributed by atoms with Gasteiger partial charge in [-0.2, -0.15) is 0 Å². The Hall–Kier alpha value is 0.0500. The number of halogens is 2. The van der Waals surface area contributed by atoms with Gasteiger partial charge in [-0.15, -0.1) is 0 Å². The van der Waals surface area contributed by atoms with Gasteiger partial charge in [0.05, 0.1) is 11.0 Å². The molecule has 19 heavy (non-hydrogen) atoms. The molecule has 1 saturated heterocycles. The van der Waals surface area contributed by atoms with Crippen molar-refractivity contribution in [3.8, 4) is 0 Å². The fourth-order valence-electron chi connectivity index (χ4n) is 2.06. The number of hydrogen-bond acceptors (Lipinski definition) is 3. The van der Waals surface area contributed by atoms with Crippen LogP contribution in [0, 0.1) is 0 Å². The Morgan fingerprint density at radius 1 is 1.42 bits per heavy atom. The molecule has 1 fully saturated rings. The Kier molecular flexibility index (Phi) is 5.05. The van der Waals surface area contributed by atoms with Crippen LogP contribution in [0.1, 0.15) is 19.8 Å². The molecular formula is C12H15Br2NO3S. The monoisotopic (exact) mass is 411 g/mol. The van der Waals surface area contributed by atoms with Gasteiger partial charge in [-0.05, 0) is 53.9 Å². The van der Waals surface area contributed by atoms with Crippen LogP contribution in [0.15, 0.2) is 32.0 Å². The van der Waals surface area contributed by atoms with Gasteiger partial charge in [-0.1, -0.05) is 15.9 Å². The van der Waals surface area contributed by atoms with E-state index < -0.39 is 10.0 Å². The van der Waals surface area contributed by atoms with E-state index in [0.29, 0.717) is 11.1 Å². The van der Waals surface area contributed by atoms with Gasteiger partial charge in [0.2, 0.25) is 10.0 Å². The van der Waals surface area contributed by atoms with Crippen LogP contribution in [-0.2, 0) is 14.8 Å². The fourth-order valence-corrected chi connectivity index (χ4v) is 4.84. The van der Waals surface area contributed by atoms with E-state index >= 15 is 0 Å². The van der Waals surface area contributed by atoms with Crippen molar-refractivity contribution < 1.29 is 13.2 Å². The summed E-state index contributed by atoms with van der Waals surface area (Å²) >= 11 is 6.55. The van der Waals surface area contributed by atoms with E-state index in [2.05, 4.69) is 36.6 Å². The molecule has 0 bridgehead atoms. The summed E-state index contributed by atoms with van der Waals surface area (Å²) in [6.07, 6.45) is 1.83. The van der Waals surface area contributed by atoms with E-state index in [1.165, 1.54) is 0 Å². The van der Waals surface area contributed by atoms with Crippen molar-refractivity contribution in [1.29, 1.82) is 0 Å². The van der Waals surface area contributed by atoms with Gasteiger partial charge in [-0.25, -0.2) is 13.1 Å². The normalized spacial score (nSPS) is 21.5. The van der Waals surface area contributed by atoms with Gasteiger partial charge in [0.25, 0.3) is 0 Å². The van der Waals surface area contributed by atoms with Crippen molar-refractivity contribution in [3.63, 3.8) is 0 Å². The van der Waals surface area contributed by atoms with Gasteiger partial charge in [0, 0.05) is 21.6 Å². The highest BCUT2D eigenvalue weighted by molar-refractivity contribution is 9.11. The molecule has 0 amide bonds. The van der Waals surface area contributed by atoms with Crippen LogP contribution in [0.5, 0.6) is 0 Å². The standard InChI is InChI=1S/C12H15Br2NO3S/c1-8(11-3-2-6-18-11)15-19(16,17)12-7-9(13)4-5-10(12)14/h4-5,7-8,11,15H,2-3,6H2,1H3. The lowest BCUT2D eigenvalue weighted by Crippen LogP contribution is -2.40. The highest BCUT2D eigenvalue weighted by Crippen LogP contribution is 2.26. The van der Waals surface area contributed by atoms with E-state index in [-0.39, 0.29) is 17.0 Å². The molecule has 2 atom stereocenters. The van der Waals surface area contributed by atoms with Gasteiger partial charge < -0.3 is 4.74 Å². The number of nitrogens with one attached hydrogen (secondary N) is 1. The molecule has 2 rings (SSSR count). The fraction of sp³-hybridized carbons (Fsp3) is 0.500. The lowest BCUT2D eigenvalue weighted by Gasteiger charge is -2.20. The second-order valence-electron chi connectivity index (χ2n) is 4.54. The number of hydrogen-bond donors (Lipinski definition) is 1. The molecule has 2 unspecified atom stereocenters. The third-order valence-electron chi connectivity index (χ3n) is 3.05. The van der Waals surface area contributed by atoms with Crippen molar-refractivity contribution >= 4 is 41.9 Å². The maximum absolute atomic E-state index is 12.4. The second-order valence-corrected chi connectivity index (χ2v) is 7.99. The van der Waals surface area contributed by atoms with Crippen molar-refractivity contribution in [2.75, 3.05) is 6.61 Å². The second kappa shape index (κ2) is 6.22. The Morgan fingerprint density at radius 2 is 2.16 bits per heavy atom. The summed E-state index contributed by atoms with van der Waals surface area (Å²) < 4.78 is 34.2. The van der Waals surface area contributed by atoms with Crippen LogP contribution in [0.2, 0.25) is 0 Å². The third-order valence-corrected chi connectivity index (χ3v) is 6.09. The molecule has 0 radical (unpaired) electrons. The summed E-state index contributed by atoms with van der Waals surface area (Å²) in [5.41, 5.74) is 0. The summed E-state index contributed by atoms with van der Waals surface area (Å²) in [7, 11) is -3.56. The van der Waals surface area contributed by atoms with Gasteiger partial charge in [-0.3, -0.25) is 0 Å². The van der Waals surface area contributed by atoms with Crippen molar-refractivity contribution in [2.24, 2.45) is 0 Å². The van der Waals surface area contributed by atoms with Crippen LogP contribution in [0.3, 0.4) is 0 Å². The number of benzene rings is 1. The van der Waals surface area contributed by atoms with Crippen LogP contribution in [-0.4, -0.2) is 27.2 Å². The molecule has 0 aliphatic carbocycles. The molecule has 4 nitrogen and oxygen atoms in total. The topological polar surface area (TPSA) is 55.4 Å². The van der Waals surface area contributed by atoms with E-state index in [1.54, 1.807) is 18.2 Å². The molecule has 1 aromatic rings. The molecule has 0 aromatic heterocycles.